The van der Waals surface area contributed by atoms with Crippen molar-refractivity contribution in [2.45, 2.75) is 25.9 Å². The van der Waals surface area contributed by atoms with E-state index in [1.54, 1.807) is 13.3 Å². The van der Waals surface area contributed by atoms with E-state index >= 15 is 0 Å². The molecule has 1 aromatic heterocycles. The smallest absolute Gasteiger partial charge is 0.222 e. The maximum absolute atomic E-state index is 9.70. The molecule has 1 aromatic carbocycles. The quantitative estimate of drug-likeness (QED) is 0.585. The van der Waals surface area contributed by atoms with Gasteiger partial charge in [0.25, 0.3) is 0 Å². The van der Waals surface area contributed by atoms with Gasteiger partial charge in [0, 0.05) is 29.4 Å². The van der Waals surface area contributed by atoms with E-state index in [0.29, 0.717) is 17.3 Å². The number of nitrogen functional groups attached to an aromatic ring is 1. The van der Waals surface area contributed by atoms with Crippen molar-refractivity contribution < 1.29 is 9.84 Å². The average molecular weight is 419 g/mol. The number of halogens is 1. The van der Waals surface area contributed by atoms with Crippen molar-refractivity contribution in [2.75, 3.05) is 30.8 Å². The Morgan fingerprint density at radius 1 is 1.35 bits per heavy atom. The van der Waals surface area contributed by atoms with Gasteiger partial charge in [0.2, 0.25) is 5.88 Å². The second-order valence-electron chi connectivity index (χ2n) is 6.37. The first-order valence-corrected chi connectivity index (χ1v) is 9.35. The second-order valence-corrected chi connectivity index (χ2v) is 7.28. The van der Waals surface area contributed by atoms with Gasteiger partial charge in [-0.15, -0.1) is 0 Å². The molecule has 0 aliphatic carbocycles. The van der Waals surface area contributed by atoms with Gasteiger partial charge in [0.05, 0.1) is 35.9 Å². The Hall–Kier alpha value is -2.12. The van der Waals surface area contributed by atoms with E-state index in [4.69, 9.17) is 15.5 Å². The Balaban J connectivity index is 1.92. The zero-order chi connectivity index (χ0) is 18.7. The van der Waals surface area contributed by atoms with Crippen LogP contribution in [0.1, 0.15) is 25.3 Å². The zero-order valence-corrected chi connectivity index (χ0v) is 16.5. The van der Waals surface area contributed by atoms with Crippen molar-refractivity contribution >= 4 is 38.7 Å². The molecule has 3 rings (SSSR count). The Bertz CT molecular complexity index is 817. The highest BCUT2D eigenvalue weighted by Crippen LogP contribution is 2.31. The first-order valence-electron chi connectivity index (χ1n) is 8.55. The summed E-state index contributed by atoms with van der Waals surface area (Å²) in [5.74, 6) is 0.522. The lowest BCUT2D eigenvalue weighted by Gasteiger charge is -2.31. The third kappa shape index (κ3) is 4.16. The first kappa shape index (κ1) is 18.7. The normalized spacial score (nSPS) is 16.0. The van der Waals surface area contributed by atoms with Crippen LogP contribution < -0.4 is 15.4 Å². The Morgan fingerprint density at radius 2 is 2.08 bits per heavy atom. The number of methoxy groups -OCH3 is 1. The number of piperidine rings is 1. The third-order valence-electron chi connectivity index (χ3n) is 4.53. The van der Waals surface area contributed by atoms with Crippen molar-refractivity contribution in [2.24, 2.45) is 4.99 Å². The maximum Gasteiger partial charge on any atom is 0.222 e. The van der Waals surface area contributed by atoms with Crippen LogP contribution in [-0.2, 0) is 0 Å². The van der Waals surface area contributed by atoms with Crippen LogP contribution in [0.4, 0.5) is 17.1 Å². The lowest BCUT2D eigenvalue weighted by atomic mass is 10.1. The van der Waals surface area contributed by atoms with Gasteiger partial charge in [-0.25, -0.2) is 4.98 Å². The molecule has 26 heavy (non-hydrogen) atoms. The molecule has 1 fully saturated rings. The molecule has 1 saturated heterocycles. The summed E-state index contributed by atoms with van der Waals surface area (Å²) < 4.78 is 6.20. The number of nitrogens with zero attached hydrogens (tertiary/aromatic N) is 3. The Kier molecular flexibility index (Phi) is 5.78. The predicted molar refractivity (Wildman–Crippen MR) is 109 cm³/mol. The average Bonchev–Trinajstić information content (AvgIpc) is 2.64. The van der Waals surface area contributed by atoms with Crippen LogP contribution in [0.3, 0.4) is 0 Å². The minimum absolute atomic E-state index is 0.198. The van der Waals surface area contributed by atoms with E-state index in [-0.39, 0.29) is 6.10 Å². The highest BCUT2D eigenvalue weighted by atomic mass is 79.9. The zero-order valence-electron chi connectivity index (χ0n) is 14.9. The van der Waals surface area contributed by atoms with Crippen molar-refractivity contribution in [1.29, 1.82) is 0 Å². The number of hydrogen-bond acceptors (Lipinski definition) is 6. The molecule has 1 aliphatic heterocycles. The summed E-state index contributed by atoms with van der Waals surface area (Å²) >= 11 is 3.44. The molecule has 0 radical (unpaired) electrons. The monoisotopic (exact) mass is 418 g/mol. The van der Waals surface area contributed by atoms with Gasteiger partial charge in [-0.05, 0) is 60.0 Å². The molecule has 2 heterocycles. The van der Waals surface area contributed by atoms with Crippen molar-refractivity contribution in [3.63, 3.8) is 0 Å². The number of aliphatic hydroxyl groups excluding tert-OH is 1. The minimum Gasteiger partial charge on any atom is -0.481 e. The van der Waals surface area contributed by atoms with E-state index < -0.39 is 0 Å². The summed E-state index contributed by atoms with van der Waals surface area (Å²) in [6.45, 7) is 3.57. The molecule has 138 valence electrons. The van der Waals surface area contributed by atoms with Crippen LogP contribution in [-0.4, -0.2) is 42.1 Å². The Labute approximate surface area is 161 Å². The Morgan fingerprint density at radius 3 is 2.77 bits per heavy atom. The molecule has 7 heteroatoms. The molecule has 0 saturated carbocycles. The fourth-order valence-electron chi connectivity index (χ4n) is 3.04. The maximum atomic E-state index is 9.70. The van der Waals surface area contributed by atoms with Gasteiger partial charge >= 0.3 is 0 Å². The number of benzene rings is 1. The van der Waals surface area contributed by atoms with Crippen molar-refractivity contribution in [1.82, 2.24) is 4.98 Å². The van der Waals surface area contributed by atoms with Crippen molar-refractivity contribution in [3.8, 4) is 5.88 Å². The number of hydrogen-bond donors (Lipinski definition) is 2. The molecule has 0 spiro atoms. The highest BCUT2D eigenvalue weighted by Gasteiger charge is 2.18. The molecule has 0 bridgehead atoms. The number of ether oxygens (including phenoxy) is 1. The molecule has 3 N–H and O–H groups in total. The fourth-order valence-corrected chi connectivity index (χ4v) is 3.37. The lowest BCUT2D eigenvalue weighted by Crippen LogP contribution is -2.35. The van der Waals surface area contributed by atoms with E-state index in [1.165, 1.54) is 0 Å². The predicted octanol–water partition coefficient (Wildman–Crippen LogP) is 3.54. The summed E-state index contributed by atoms with van der Waals surface area (Å²) in [7, 11) is 1.59. The number of aliphatic hydroxyl groups is 1. The number of aliphatic imine (C=N–C) groups is 1. The van der Waals surface area contributed by atoms with Crippen LogP contribution in [0.15, 0.2) is 39.9 Å². The van der Waals surface area contributed by atoms with Crippen LogP contribution in [0.2, 0.25) is 0 Å². The third-order valence-corrected chi connectivity index (χ3v) is 4.97. The highest BCUT2D eigenvalue weighted by molar-refractivity contribution is 9.10. The summed E-state index contributed by atoms with van der Waals surface area (Å²) in [4.78, 5) is 11.2. The fraction of sp³-hybridized carbons (Fsp3) is 0.368. The number of rotatable bonds is 4. The molecular weight excluding hydrogens is 396 g/mol. The van der Waals surface area contributed by atoms with Crippen LogP contribution in [0.5, 0.6) is 5.88 Å². The SMILES string of the molecule is COc1ncc(Br)cc1C(C)=Nc1cc(N2CCC(O)CC2)ccc1N. The van der Waals surface area contributed by atoms with Crippen LogP contribution in [0.25, 0.3) is 0 Å². The van der Waals surface area contributed by atoms with Crippen LogP contribution in [0, 0.1) is 0 Å². The molecule has 1 aliphatic rings. The summed E-state index contributed by atoms with van der Waals surface area (Å²) in [5.41, 5.74) is 10.1. The standard InChI is InChI=1S/C19H23BrN4O2/c1-12(16-9-13(20)11-22-19(16)26-2)23-18-10-14(3-4-17(18)21)24-7-5-15(25)6-8-24/h3-4,9-11,15,25H,5-8,21H2,1-2H3. The van der Waals surface area contributed by atoms with E-state index in [2.05, 4.69) is 25.8 Å². The van der Waals surface area contributed by atoms with E-state index in [9.17, 15) is 5.11 Å². The summed E-state index contributed by atoms with van der Waals surface area (Å²) in [5, 5.41) is 9.70. The molecule has 2 aromatic rings. The largest absolute Gasteiger partial charge is 0.481 e. The van der Waals surface area contributed by atoms with Crippen LogP contribution >= 0.6 is 15.9 Å². The molecule has 0 atom stereocenters. The van der Waals surface area contributed by atoms with Gasteiger partial charge in [0.1, 0.15) is 0 Å². The van der Waals surface area contributed by atoms with Gasteiger partial charge in [-0.1, -0.05) is 0 Å². The molecule has 0 unspecified atom stereocenters. The molecular formula is C19H23BrN4O2. The number of aromatic nitrogens is 1. The number of pyridine rings is 1. The van der Waals surface area contributed by atoms with Gasteiger partial charge in [-0.3, -0.25) is 4.99 Å². The molecule has 0 amide bonds. The lowest BCUT2D eigenvalue weighted by molar-refractivity contribution is 0.145. The van der Waals surface area contributed by atoms with Crippen molar-refractivity contribution in [3.05, 3.63) is 40.5 Å². The second kappa shape index (κ2) is 8.05. The summed E-state index contributed by atoms with van der Waals surface area (Å²) in [6, 6.07) is 7.80. The van der Waals surface area contributed by atoms with Gasteiger partial charge in [0.15, 0.2) is 0 Å². The van der Waals surface area contributed by atoms with Gasteiger partial charge < -0.3 is 20.5 Å². The number of nitrogens with two attached hydrogens (primary N) is 1. The number of anilines is 2. The minimum atomic E-state index is -0.198. The summed E-state index contributed by atoms with van der Waals surface area (Å²) in [6.07, 6.45) is 3.05. The van der Waals surface area contributed by atoms with E-state index in [0.717, 1.165) is 47.4 Å². The molecule has 6 nitrogen and oxygen atoms in total. The topological polar surface area (TPSA) is 84.0 Å². The van der Waals surface area contributed by atoms with E-state index in [1.807, 2.05) is 31.2 Å². The first-order chi connectivity index (χ1) is 12.5. The van der Waals surface area contributed by atoms with Gasteiger partial charge in [-0.2, -0.15) is 0 Å².